The molecule has 1 aromatic rings. The molecule has 1 rings (SSSR count). The second-order valence-corrected chi connectivity index (χ2v) is 4.70. The number of carbonyl (C=O) groups excluding carboxylic acids is 2. The molecule has 0 radical (unpaired) electrons. The van der Waals surface area contributed by atoms with E-state index in [0.29, 0.717) is 17.3 Å². The van der Waals surface area contributed by atoms with Crippen LogP contribution in [0.1, 0.15) is 11.1 Å². The first-order valence-corrected chi connectivity index (χ1v) is 6.51. The summed E-state index contributed by atoms with van der Waals surface area (Å²) in [7, 11) is 0. The van der Waals surface area contributed by atoms with Crippen molar-refractivity contribution < 1.29 is 9.59 Å². The van der Waals surface area contributed by atoms with Crippen molar-refractivity contribution >= 4 is 29.2 Å². The number of halogens is 1. The number of amides is 3. The number of anilines is 1. The first kappa shape index (κ1) is 16.0. The topological polar surface area (TPSA) is 70.2 Å². The van der Waals surface area contributed by atoms with E-state index in [0.717, 1.165) is 11.1 Å². The summed E-state index contributed by atoms with van der Waals surface area (Å²) >= 11 is 6.05. The molecule has 3 amide bonds. The maximum absolute atomic E-state index is 11.6. The molecule has 0 heterocycles. The largest absolute Gasteiger partial charge is 0.351 e. The Bertz CT molecular complexity index is 506. The zero-order chi connectivity index (χ0) is 15.1. The smallest absolute Gasteiger partial charge is 0.319 e. The van der Waals surface area contributed by atoms with Gasteiger partial charge in [0.05, 0.1) is 6.54 Å². The van der Waals surface area contributed by atoms with E-state index in [1.807, 2.05) is 13.8 Å². The molecule has 1 aromatic carbocycles. The lowest BCUT2D eigenvalue weighted by Gasteiger charge is -2.10. The number of hydrogen-bond donors (Lipinski definition) is 3. The molecule has 5 nitrogen and oxygen atoms in total. The summed E-state index contributed by atoms with van der Waals surface area (Å²) in [6, 6.07) is 3.10. The lowest BCUT2D eigenvalue weighted by atomic mass is 10.1. The van der Waals surface area contributed by atoms with Crippen LogP contribution in [0.2, 0.25) is 5.02 Å². The maximum Gasteiger partial charge on any atom is 0.319 e. The molecule has 0 bridgehead atoms. The summed E-state index contributed by atoms with van der Waals surface area (Å²) in [5, 5.41) is 8.36. The van der Waals surface area contributed by atoms with Crippen LogP contribution in [0, 0.1) is 13.8 Å². The average Bonchev–Trinajstić information content (AvgIpc) is 2.40. The molecule has 0 aliphatic rings. The molecule has 0 fully saturated rings. The molecular weight excluding hydrogens is 278 g/mol. The van der Waals surface area contributed by atoms with Crippen LogP contribution in [-0.2, 0) is 4.79 Å². The fourth-order valence-corrected chi connectivity index (χ4v) is 1.71. The van der Waals surface area contributed by atoms with Crippen molar-refractivity contribution in [3.8, 4) is 0 Å². The van der Waals surface area contributed by atoms with Crippen LogP contribution < -0.4 is 16.0 Å². The molecule has 20 heavy (non-hydrogen) atoms. The van der Waals surface area contributed by atoms with Gasteiger partial charge in [0.25, 0.3) is 0 Å². The second-order valence-electron chi connectivity index (χ2n) is 4.32. The van der Waals surface area contributed by atoms with E-state index in [1.54, 1.807) is 18.2 Å². The Kier molecular flexibility index (Phi) is 6.06. The number of urea groups is 1. The van der Waals surface area contributed by atoms with Crippen molar-refractivity contribution in [2.75, 3.05) is 18.4 Å². The Balaban J connectivity index is 2.50. The summed E-state index contributed by atoms with van der Waals surface area (Å²) < 4.78 is 0. The van der Waals surface area contributed by atoms with Crippen molar-refractivity contribution in [3.05, 3.63) is 40.9 Å². The zero-order valence-electron chi connectivity index (χ0n) is 11.5. The van der Waals surface area contributed by atoms with E-state index in [1.165, 1.54) is 0 Å². The molecule has 0 saturated carbocycles. The number of carbonyl (C=O) groups is 2. The molecule has 0 unspecified atom stereocenters. The molecule has 0 saturated heterocycles. The fourth-order valence-electron chi connectivity index (χ4n) is 1.60. The Morgan fingerprint density at radius 3 is 2.40 bits per heavy atom. The van der Waals surface area contributed by atoms with Gasteiger partial charge in [0.15, 0.2) is 0 Å². The quantitative estimate of drug-likeness (QED) is 0.730. The van der Waals surface area contributed by atoms with Gasteiger partial charge in [-0.25, -0.2) is 4.79 Å². The van der Waals surface area contributed by atoms with Crippen LogP contribution in [0.25, 0.3) is 0 Å². The average molecular weight is 296 g/mol. The Morgan fingerprint density at radius 1 is 1.25 bits per heavy atom. The Hall–Kier alpha value is -2.01. The molecule has 0 aromatic heterocycles. The van der Waals surface area contributed by atoms with E-state index in [-0.39, 0.29) is 12.5 Å². The predicted octanol–water partition coefficient (Wildman–Crippen LogP) is 2.38. The van der Waals surface area contributed by atoms with Crippen LogP contribution in [0.15, 0.2) is 24.8 Å². The first-order chi connectivity index (χ1) is 9.43. The third-order valence-corrected chi connectivity index (χ3v) is 3.14. The fraction of sp³-hybridized carbons (Fsp3) is 0.286. The zero-order valence-corrected chi connectivity index (χ0v) is 12.3. The molecule has 108 valence electrons. The predicted molar refractivity (Wildman–Crippen MR) is 81.2 cm³/mol. The van der Waals surface area contributed by atoms with Crippen LogP contribution in [-0.4, -0.2) is 25.0 Å². The van der Waals surface area contributed by atoms with Gasteiger partial charge in [-0.15, -0.1) is 6.58 Å². The van der Waals surface area contributed by atoms with Gasteiger partial charge < -0.3 is 16.0 Å². The first-order valence-electron chi connectivity index (χ1n) is 6.13. The summed E-state index contributed by atoms with van der Waals surface area (Å²) in [6.07, 6.45) is 1.57. The SMILES string of the molecule is C=CCNC(=O)CNC(=O)Nc1cc(C)c(Cl)c(C)c1. The normalized spacial score (nSPS) is 9.75. The monoisotopic (exact) mass is 295 g/mol. The van der Waals surface area contributed by atoms with E-state index in [2.05, 4.69) is 22.5 Å². The highest BCUT2D eigenvalue weighted by atomic mass is 35.5. The van der Waals surface area contributed by atoms with E-state index < -0.39 is 6.03 Å². The highest BCUT2D eigenvalue weighted by Crippen LogP contribution is 2.24. The third-order valence-electron chi connectivity index (χ3n) is 2.55. The molecule has 0 atom stereocenters. The number of aryl methyl sites for hydroxylation is 2. The van der Waals surface area contributed by atoms with Crippen molar-refractivity contribution in [1.82, 2.24) is 10.6 Å². The lowest BCUT2D eigenvalue weighted by molar-refractivity contribution is -0.119. The van der Waals surface area contributed by atoms with Crippen LogP contribution in [0.5, 0.6) is 0 Å². The van der Waals surface area contributed by atoms with E-state index in [9.17, 15) is 9.59 Å². The second kappa shape index (κ2) is 7.55. The maximum atomic E-state index is 11.6. The standard InChI is InChI=1S/C14H18ClN3O2/c1-4-5-16-12(19)8-17-14(20)18-11-6-9(2)13(15)10(3)7-11/h4,6-7H,1,5,8H2,2-3H3,(H,16,19)(H2,17,18,20). The highest BCUT2D eigenvalue weighted by Gasteiger charge is 2.07. The molecular formula is C14H18ClN3O2. The Labute approximate surface area is 123 Å². The van der Waals surface area contributed by atoms with Gasteiger partial charge in [-0.3, -0.25) is 4.79 Å². The van der Waals surface area contributed by atoms with Gasteiger partial charge in [0.1, 0.15) is 0 Å². The van der Waals surface area contributed by atoms with Crippen molar-refractivity contribution in [2.45, 2.75) is 13.8 Å². The van der Waals surface area contributed by atoms with Gasteiger partial charge in [0.2, 0.25) is 5.91 Å². The van der Waals surface area contributed by atoms with Gasteiger partial charge in [0, 0.05) is 17.3 Å². The summed E-state index contributed by atoms with van der Waals surface area (Å²) in [5.41, 5.74) is 2.39. The van der Waals surface area contributed by atoms with E-state index in [4.69, 9.17) is 11.6 Å². The minimum Gasteiger partial charge on any atom is -0.351 e. The van der Waals surface area contributed by atoms with Crippen molar-refractivity contribution in [2.24, 2.45) is 0 Å². The number of rotatable bonds is 5. The number of benzene rings is 1. The minimum absolute atomic E-state index is 0.0920. The molecule has 6 heteroatoms. The number of hydrogen-bond acceptors (Lipinski definition) is 2. The molecule has 0 aliphatic carbocycles. The van der Waals surface area contributed by atoms with Crippen LogP contribution >= 0.6 is 11.6 Å². The van der Waals surface area contributed by atoms with E-state index >= 15 is 0 Å². The van der Waals surface area contributed by atoms with Gasteiger partial charge in [-0.2, -0.15) is 0 Å². The van der Waals surface area contributed by atoms with Gasteiger partial charge in [-0.05, 0) is 37.1 Å². The van der Waals surface area contributed by atoms with Gasteiger partial charge >= 0.3 is 6.03 Å². The lowest BCUT2D eigenvalue weighted by Crippen LogP contribution is -2.38. The minimum atomic E-state index is -0.445. The summed E-state index contributed by atoms with van der Waals surface area (Å²) in [5.74, 6) is -0.275. The van der Waals surface area contributed by atoms with Crippen molar-refractivity contribution in [3.63, 3.8) is 0 Å². The van der Waals surface area contributed by atoms with Gasteiger partial charge in [-0.1, -0.05) is 17.7 Å². The van der Waals surface area contributed by atoms with Crippen LogP contribution in [0.4, 0.5) is 10.5 Å². The number of nitrogens with one attached hydrogen (secondary N) is 3. The molecule has 0 aliphatic heterocycles. The summed E-state index contributed by atoms with van der Waals surface area (Å²) in [6.45, 7) is 7.49. The third kappa shape index (κ3) is 4.93. The highest BCUT2D eigenvalue weighted by molar-refractivity contribution is 6.32. The van der Waals surface area contributed by atoms with Crippen molar-refractivity contribution in [1.29, 1.82) is 0 Å². The van der Waals surface area contributed by atoms with Crippen LogP contribution in [0.3, 0.4) is 0 Å². The molecule has 3 N–H and O–H groups in total. The Morgan fingerprint density at radius 2 is 1.85 bits per heavy atom. The summed E-state index contributed by atoms with van der Waals surface area (Å²) in [4.78, 5) is 22.9. The molecule has 0 spiro atoms.